The van der Waals surface area contributed by atoms with Crippen molar-refractivity contribution in [3.63, 3.8) is 0 Å². The van der Waals surface area contributed by atoms with Gasteiger partial charge in [-0.05, 0) is 13.5 Å². The summed E-state index contributed by atoms with van der Waals surface area (Å²) in [6.45, 7) is 5.03. The molecular formula is C9H17N3OS. The first-order chi connectivity index (χ1) is 6.70. The van der Waals surface area contributed by atoms with E-state index in [4.69, 9.17) is 0 Å². The third-order valence-electron chi connectivity index (χ3n) is 1.95. The van der Waals surface area contributed by atoms with Gasteiger partial charge in [0.1, 0.15) is 0 Å². The Morgan fingerprint density at radius 3 is 3.00 bits per heavy atom. The van der Waals surface area contributed by atoms with E-state index in [2.05, 4.69) is 15.3 Å². The van der Waals surface area contributed by atoms with E-state index < -0.39 is 0 Å². The fraction of sp³-hybridized carbons (Fsp3) is 0.667. The highest BCUT2D eigenvalue weighted by Gasteiger charge is 2.22. The number of hydrogen-bond donors (Lipinski definition) is 3. The van der Waals surface area contributed by atoms with E-state index in [1.165, 1.54) is 0 Å². The number of rotatable bonds is 6. The molecule has 0 fully saturated rings. The Labute approximate surface area is 88.5 Å². The van der Waals surface area contributed by atoms with Crippen molar-refractivity contribution in [1.82, 2.24) is 15.3 Å². The summed E-state index contributed by atoms with van der Waals surface area (Å²) < 4.78 is 0. The number of likely N-dealkylation sites (N-methyl/N-ethyl adjacent to an activating group) is 1. The molecule has 0 spiro atoms. The quantitative estimate of drug-likeness (QED) is 0.616. The molecule has 1 heterocycles. The van der Waals surface area contributed by atoms with Gasteiger partial charge in [0.05, 0.1) is 6.61 Å². The molecule has 0 bridgehead atoms. The number of nitrogens with one attached hydrogen (secondary N) is 2. The van der Waals surface area contributed by atoms with Crippen molar-refractivity contribution >= 4 is 11.8 Å². The molecule has 0 aliphatic heterocycles. The number of aromatic nitrogens is 2. The summed E-state index contributed by atoms with van der Waals surface area (Å²) in [7, 11) is 0. The lowest BCUT2D eigenvalue weighted by Gasteiger charge is -2.27. The van der Waals surface area contributed by atoms with Crippen LogP contribution in [-0.2, 0) is 0 Å². The number of H-pyrrole nitrogens is 1. The zero-order chi connectivity index (χ0) is 10.4. The van der Waals surface area contributed by atoms with Crippen molar-refractivity contribution in [2.45, 2.75) is 24.5 Å². The predicted octanol–water partition coefficient (Wildman–Crippen LogP) is 0.862. The lowest BCUT2D eigenvalue weighted by Crippen LogP contribution is -2.47. The van der Waals surface area contributed by atoms with Crippen LogP contribution in [0.15, 0.2) is 17.6 Å². The van der Waals surface area contributed by atoms with Crippen LogP contribution in [0.3, 0.4) is 0 Å². The van der Waals surface area contributed by atoms with Crippen LogP contribution in [0.1, 0.15) is 13.8 Å². The summed E-state index contributed by atoms with van der Waals surface area (Å²) in [6, 6.07) is 0. The van der Waals surface area contributed by atoms with E-state index in [0.29, 0.717) is 0 Å². The van der Waals surface area contributed by atoms with E-state index in [1.807, 2.05) is 13.8 Å². The van der Waals surface area contributed by atoms with Crippen molar-refractivity contribution in [1.29, 1.82) is 0 Å². The molecule has 0 saturated carbocycles. The van der Waals surface area contributed by atoms with Crippen LogP contribution >= 0.6 is 11.8 Å². The third kappa shape index (κ3) is 3.32. The van der Waals surface area contributed by atoms with Crippen LogP contribution < -0.4 is 5.32 Å². The maximum atomic E-state index is 9.24. The molecule has 1 aromatic heterocycles. The topological polar surface area (TPSA) is 60.9 Å². The molecule has 1 atom stereocenters. The lowest BCUT2D eigenvalue weighted by atomic mass is 10.1. The number of thioether (sulfide) groups is 1. The van der Waals surface area contributed by atoms with Crippen molar-refractivity contribution in [2.24, 2.45) is 0 Å². The van der Waals surface area contributed by atoms with Crippen LogP contribution in [0.2, 0.25) is 0 Å². The minimum Gasteiger partial charge on any atom is -0.394 e. The second-order valence-corrected chi connectivity index (χ2v) is 4.40. The number of hydrogen-bond acceptors (Lipinski definition) is 4. The smallest absolute Gasteiger partial charge is 0.165 e. The van der Waals surface area contributed by atoms with Gasteiger partial charge in [0.25, 0.3) is 0 Å². The Hall–Kier alpha value is -0.520. The van der Waals surface area contributed by atoms with Gasteiger partial charge in [-0.25, -0.2) is 4.98 Å². The molecule has 0 aliphatic carbocycles. The van der Waals surface area contributed by atoms with Crippen molar-refractivity contribution in [2.75, 3.05) is 18.9 Å². The predicted molar refractivity (Wildman–Crippen MR) is 58.5 cm³/mol. The molecule has 1 aromatic rings. The summed E-state index contributed by atoms with van der Waals surface area (Å²) in [5.41, 5.74) is -0.230. The van der Waals surface area contributed by atoms with Gasteiger partial charge < -0.3 is 15.4 Å². The van der Waals surface area contributed by atoms with Crippen LogP contribution in [0.4, 0.5) is 0 Å². The first kappa shape index (κ1) is 11.6. The molecule has 3 N–H and O–H groups in total. The summed E-state index contributed by atoms with van der Waals surface area (Å²) >= 11 is 1.61. The zero-order valence-electron chi connectivity index (χ0n) is 8.58. The van der Waals surface area contributed by atoms with Gasteiger partial charge >= 0.3 is 0 Å². The minimum atomic E-state index is -0.230. The first-order valence-corrected chi connectivity index (χ1v) is 5.67. The lowest BCUT2D eigenvalue weighted by molar-refractivity contribution is 0.194. The second-order valence-electron chi connectivity index (χ2n) is 3.43. The first-order valence-electron chi connectivity index (χ1n) is 4.68. The summed E-state index contributed by atoms with van der Waals surface area (Å²) in [6.07, 6.45) is 3.53. The molecule has 0 aliphatic rings. The molecule has 0 amide bonds. The molecule has 14 heavy (non-hydrogen) atoms. The Morgan fingerprint density at radius 1 is 1.71 bits per heavy atom. The highest BCUT2D eigenvalue weighted by atomic mass is 32.2. The standard InChI is InChI=1S/C9H17N3OS/c1-3-12-9(2,6-13)7-14-8-10-4-5-11-8/h4-5,12-13H,3,6-7H2,1-2H3,(H,10,11). The average Bonchev–Trinajstić information content (AvgIpc) is 2.68. The molecule has 1 rings (SSSR count). The number of imidazole rings is 1. The highest BCUT2D eigenvalue weighted by molar-refractivity contribution is 7.99. The van der Waals surface area contributed by atoms with Gasteiger partial charge in [0, 0.05) is 23.7 Å². The molecule has 1 unspecified atom stereocenters. The van der Waals surface area contributed by atoms with Crippen LogP contribution in [0, 0.1) is 0 Å². The summed E-state index contributed by atoms with van der Waals surface area (Å²) in [5.74, 6) is 0.796. The molecule has 0 saturated heterocycles. The average molecular weight is 215 g/mol. The molecular weight excluding hydrogens is 198 g/mol. The number of aliphatic hydroxyl groups is 1. The number of aromatic amines is 1. The Bertz CT molecular complexity index is 253. The third-order valence-corrected chi connectivity index (χ3v) is 3.23. The fourth-order valence-corrected chi connectivity index (χ4v) is 2.07. The molecule has 0 radical (unpaired) electrons. The second kappa shape index (κ2) is 5.38. The zero-order valence-corrected chi connectivity index (χ0v) is 9.40. The van der Waals surface area contributed by atoms with Crippen LogP contribution in [0.5, 0.6) is 0 Å². The van der Waals surface area contributed by atoms with E-state index in [1.54, 1.807) is 24.2 Å². The van der Waals surface area contributed by atoms with Gasteiger partial charge in [0.15, 0.2) is 5.16 Å². The Morgan fingerprint density at radius 2 is 2.50 bits per heavy atom. The van der Waals surface area contributed by atoms with E-state index in [-0.39, 0.29) is 12.1 Å². The maximum Gasteiger partial charge on any atom is 0.165 e. The molecule has 5 heteroatoms. The van der Waals surface area contributed by atoms with E-state index in [0.717, 1.165) is 17.5 Å². The monoisotopic (exact) mass is 215 g/mol. The Balaban J connectivity index is 2.41. The maximum absolute atomic E-state index is 9.24. The SMILES string of the molecule is CCNC(C)(CO)CSc1ncc[nH]1. The van der Waals surface area contributed by atoms with Gasteiger partial charge in [-0.15, -0.1) is 0 Å². The number of aliphatic hydroxyl groups excluding tert-OH is 1. The van der Waals surface area contributed by atoms with Crippen molar-refractivity contribution < 1.29 is 5.11 Å². The van der Waals surface area contributed by atoms with Crippen molar-refractivity contribution in [3.05, 3.63) is 12.4 Å². The van der Waals surface area contributed by atoms with E-state index >= 15 is 0 Å². The van der Waals surface area contributed by atoms with Gasteiger partial charge in [-0.3, -0.25) is 0 Å². The normalized spacial score (nSPS) is 15.4. The minimum absolute atomic E-state index is 0.133. The summed E-state index contributed by atoms with van der Waals surface area (Å²) in [5, 5.41) is 13.4. The van der Waals surface area contributed by atoms with Crippen molar-refractivity contribution in [3.8, 4) is 0 Å². The van der Waals surface area contributed by atoms with Gasteiger partial charge in [0.2, 0.25) is 0 Å². The van der Waals surface area contributed by atoms with E-state index in [9.17, 15) is 5.11 Å². The largest absolute Gasteiger partial charge is 0.394 e. The number of nitrogens with zero attached hydrogens (tertiary/aromatic N) is 1. The van der Waals surface area contributed by atoms with Crippen LogP contribution in [-0.4, -0.2) is 39.5 Å². The van der Waals surface area contributed by atoms with Crippen LogP contribution in [0.25, 0.3) is 0 Å². The Kier molecular flexibility index (Phi) is 4.44. The molecule has 0 aromatic carbocycles. The fourth-order valence-electron chi connectivity index (χ4n) is 1.14. The molecule has 80 valence electrons. The van der Waals surface area contributed by atoms with Gasteiger partial charge in [-0.2, -0.15) is 0 Å². The highest BCUT2D eigenvalue weighted by Crippen LogP contribution is 2.18. The summed E-state index contributed by atoms with van der Waals surface area (Å²) in [4.78, 5) is 7.13. The molecule has 4 nitrogen and oxygen atoms in total. The van der Waals surface area contributed by atoms with Gasteiger partial charge in [-0.1, -0.05) is 18.7 Å².